The highest BCUT2D eigenvalue weighted by atomic mass is 32.1. The van der Waals surface area contributed by atoms with Crippen LogP contribution in [0, 0.1) is 10.1 Å². The molecule has 0 atom stereocenters. The summed E-state index contributed by atoms with van der Waals surface area (Å²) in [7, 11) is 0. The molecule has 1 aromatic heterocycles. The summed E-state index contributed by atoms with van der Waals surface area (Å²) >= 11 is 1.55. The van der Waals surface area contributed by atoms with Crippen molar-refractivity contribution >= 4 is 44.4 Å². The number of ether oxygens (including phenoxy) is 2. The van der Waals surface area contributed by atoms with Crippen LogP contribution in [-0.4, -0.2) is 42.2 Å². The van der Waals surface area contributed by atoms with Crippen molar-refractivity contribution in [3.8, 4) is 5.75 Å². The minimum atomic E-state index is -0.527. The van der Waals surface area contributed by atoms with Gasteiger partial charge in [0.1, 0.15) is 5.75 Å². The number of carbonyl (C=O) groups is 1. The fourth-order valence-corrected chi connectivity index (χ4v) is 3.91. The molecule has 0 bridgehead atoms. The highest BCUT2D eigenvalue weighted by Crippen LogP contribution is 2.31. The van der Waals surface area contributed by atoms with Crippen molar-refractivity contribution in [2.24, 2.45) is 0 Å². The number of nitro benzene ring substituents is 1. The molecule has 29 heavy (non-hydrogen) atoms. The van der Waals surface area contributed by atoms with Crippen LogP contribution in [0.25, 0.3) is 16.3 Å². The number of carbonyl (C=O) groups excluding carboxylic acids is 1. The predicted molar refractivity (Wildman–Crippen MR) is 110 cm³/mol. The lowest BCUT2D eigenvalue weighted by Gasteiger charge is -2.25. The SMILES string of the molecule is O=C(C=Cc1ccc([N+](=O)[O-])cc1)Oc1ccc2nc(N3CCOCC3)sc2c1. The lowest BCUT2D eigenvalue weighted by molar-refractivity contribution is -0.384. The van der Waals surface area contributed by atoms with Crippen LogP contribution in [0.3, 0.4) is 0 Å². The number of hydrogen-bond donors (Lipinski definition) is 0. The van der Waals surface area contributed by atoms with Crippen molar-refractivity contribution in [1.82, 2.24) is 4.98 Å². The molecule has 2 heterocycles. The Morgan fingerprint density at radius 1 is 1.21 bits per heavy atom. The zero-order valence-electron chi connectivity index (χ0n) is 15.3. The Kier molecular flexibility index (Phi) is 5.50. The highest BCUT2D eigenvalue weighted by molar-refractivity contribution is 7.22. The highest BCUT2D eigenvalue weighted by Gasteiger charge is 2.16. The molecule has 0 amide bonds. The maximum absolute atomic E-state index is 12.1. The van der Waals surface area contributed by atoms with Gasteiger partial charge in [0.15, 0.2) is 5.13 Å². The van der Waals surface area contributed by atoms with Gasteiger partial charge in [-0.2, -0.15) is 0 Å². The molecule has 0 radical (unpaired) electrons. The summed E-state index contributed by atoms with van der Waals surface area (Å²) in [5, 5.41) is 11.6. The number of nitro groups is 1. The average molecular weight is 411 g/mol. The number of fused-ring (bicyclic) bond motifs is 1. The van der Waals surface area contributed by atoms with Gasteiger partial charge < -0.3 is 14.4 Å². The molecule has 0 spiro atoms. The summed E-state index contributed by atoms with van der Waals surface area (Å²) in [6, 6.07) is 11.2. The first kappa shape index (κ1) is 19.0. The van der Waals surface area contributed by atoms with Crippen LogP contribution in [-0.2, 0) is 9.53 Å². The minimum absolute atomic E-state index is 0.000894. The Bertz CT molecular complexity index is 1070. The van der Waals surface area contributed by atoms with Crippen molar-refractivity contribution in [2.75, 3.05) is 31.2 Å². The maximum atomic E-state index is 12.1. The standard InChI is InChI=1S/C20H17N3O5S/c24-19(8-3-14-1-4-15(5-2-14)23(25)26)28-16-6-7-17-18(13-16)29-20(21-17)22-9-11-27-12-10-22/h1-8,13H,9-12H2. The van der Waals surface area contributed by atoms with E-state index in [4.69, 9.17) is 9.47 Å². The van der Waals surface area contributed by atoms with Gasteiger partial charge in [-0.25, -0.2) is 9.78 Å². The number of esters is 1. The number of benzene rings is 2. The number of hydrogen-bond acceptors (Lipinski definition) is 8. The molecule has 1 aliphatic rings. The Labute approximate surface area is 170 Å². The number of rotatable bonds is 5. The molecule has 9 heteroatoms. The van der Waals surface area contributed by atoms with Gasteiger partial charge in [-0.05, 0) is 35.9 Å². The summed E-state index contributed by atoms with van der Waals surface area (Å²) in [6.07, 6.45) is 2.84. The molecule has 3 aromatic rings. The molecule has 1 fully saturated rings. The molecule has 8 nitrogen and oxygen atoms in total. The van der Waals surface area contributed by atoms with E-state index in [-0.39, 0.29) is 5.69 Å². The van der Waals surface area contributed by atoms with Gasteiger partial charge >= 0.3 is 5.97 Å². The van der Waals surface area contributed by atoms with E-state index in [1.165, 1.54) is 18.2 Å². The fraction of sp³-hybridized carbons (Fsp3) is 0.200. The second-order valence-corrected chi connectivity index (χ2v) is 7.34. The van der Waals surface area contributed by atoms with Gasteiger partial charge in [0, 0.05) is 37.4 Å². The predicted octanol–water partition coefficient (Wildman–Crippen LogP) is 3.66. The minimum Gasteiger partial charge on any atom is -0.423 e. The van der Waals surface area contributed by atoms with E-state index >= 15 is 0 Å². The van der Waals surface area contributed by atoms with Gasteiger partial charge in [-0.1, -0.05) is 11.3 Å². The third-order valence-electron chi connectivity index (χ3n) is 4.36. The third kappa shape index (κ3) is 4.58. The summed E-state index contributed by atoms with van der Waals surface area (Å²) in [6.45, 7) is 3.02. The Balaban J connectivity index is 1.42. The lowest BCUT2D eigenvalue weighted by atomic mass is 10.2. The van der Waals surface area contributed by atoms with E-state index in [0.29, 0.717) is 24.5 Å². The number of morpholine rings is 1. The molecular weight excluding hydrogens is 394 g/mol. The van der Waals surface area contributed by atoms with E-state index in [1.54, 1.807) is 41.7 Å². The largest absolute Gasteiger partial charge is 0.423 e. The molecule has 0 aliphatic carbocycles. The van der Waals surface area contributed by atoms with Gasteiger partial charge in [0.2, 0.25) is 0 Å². The zero-order chi connectivity index (χ0) is 20.2. The van der Waals surface area contributed by atoms with E-state index in [9.17, 15) is 14.9 Å². The second-order valence-electron chi connectivity index (χ2n) is 6.33. The van der Waals surface area contributed by atoms with Crippen LogP contribution in [0.2, 0.25) is 0 Å². The average Bonchev–Trinajstić information content (AvgIpc) is 3.17. The van der Waals surface area contributed by atoms with Crippen molar-refractivity contribution in [2.45, 2.75) is 0 Å². The van der Waals surface area contributed by atoms with Crippen LogP contribution in [0.1, 0.15) is 5.56 Å². The van der Waals surface area contributed by atoms with E-state index in [2.05, 4.69) is 9.88 Å². The van der Waals surface area contributed by atoms with Crippen molar-refractivity contribution in [1.29, 1.82) is 0 Å². The third-order valence-corrected chi connectivity index (χ3v) is 5.44. The number of non-ortho nitro benzene ring substituents is 1. The normalized spacial score (nSPS) is 14.4. The molecule has 0 saturated carbocycles. The molecule has 0 unspecified atom stereocenters. The monoisotopic (exact) mass is 411 g/mol. The first-order valence-corrected chi connectivity index (χ1v) is 9.78. The second kappa shape index (κ2) is 8.38. The number of nitrogens with zero attached hydrogens (tertiary/aromatic N) is 3. The van der Waals surface area contributed by atoms with E-state index in [1.807, 2.05) is 6.07 Å². The summed E-state index contributed by atoms with van der Waals surface area (Å²) in [4.78, 5) is 29.1. The lowest BCUT2D eigenvalue weighted by Crippen LogP contribution is -2.36. The summed E-state index contributed by atoms with van der Waals surface area (Å²) in [5.74, 6) is -0.0892. The quantitative estimate of drug-likeness (QED) is 0.208. The van der Waals surface area contributed by atoms with Crippen molar-refractivity contribution in [3.63, 3.8) is 0 Å². The first-order chi connectivity index (χ1) is 14.1. The van der Waals surface area contributed by atoms with E-state index < -0.39 is 10.9 Å². The fourth-order valence-electron chi connectivity index (χ4n) is 2.87. The number of aromatic nitrogens is 1. The Morgan fingerprint density at radius 2 is 1.97 bits per heavy atom. The molecule has 2 aromatic carbocycles. The van der Waals surface area contributed by atoms with Gasteiger partial charge in [0.25, 0.3) is 5.69 Å². The van der Waals surface area contributed by atoms with Crippen molar-refractivity contribution < 1.29 is 19.2 Å². The number of anilines is 1. The molecule has 148 valence electrons. The first-order valence-electron chi connectivity index (χ1n) is 8.96. The maximum Gasteiger partial charge on any atom is 0.336 e. The van der Waals surface area contributed by atoms with Crippen LogP contribution in [0.15, 0.2) is 48.5 Å². The van der Waals surface area contributed by atoms with Crippen LogP contribution < -0.4 is 9.64 Å². The summed E-state index contributed by atoms with van der Waals surface area (Å²) < 4.78 is 11.7. The summed E-state index contributed by atoms with van der Waals surface area (Å²) in [5.41, 5.74) is 1.53. The molecule has 1 saturated heterocycles. The zero-order valence-corrected chi connectivity index (χ0v) is 16.1. The molecule has 1 aliphatic heterocycles. The van der Waals surface area contributed by atoms with Gasteiger partial charge in [0.05, 0.1) is 28.4 Å². The molecular formula is C20H17N3O5S. The van der Waals surface area contributed by atoms with Crippen LogP contribution in [0.5, 0.6) is 5.75 Å². The van der Waals surface area contributed by atoms with Crippen LogP contribution >= 0.6 is 11.3 Å². The van der Waals surface area contributed by atoms with Gasteiger partial charge in [-0.15, -0.1) is 0 Å². The smallest absolute Gasteiger partial charge is 0.336 e. The van der Waals surface area contributed by atoms with Crippen molar-refractivity contribution in [3.05, 3.63) is 64.2 Å². The Hall–Kier alpha value is -3.30. The number of thiazole rings is 1. The van der Waals surface area contributed by atoms with E-state index in [0.717, 1.165) is 28.4 Å². The van der Waals surface area contributed by atoms with Gasteiger partial charge in [-0.3, -0.25) is 10.1 Å². The topological polar surface area (TPSA) is 94.8 Å². The molecule has 0 N–H and O–H groups in total. The van der Waals surface area contributed by atoms with Crippen LogP contribution in [0.4, 0.5) is 10.8 Å². The Morgan fingerprint density at radius 3 is 2.69 bits per heavy atom. The molecule has 4 rings (SSSR count).